The van der Waals surface area contributed by atoms with Crippen LogP contribution in [0.1, 0.15) is 16.8 Å². The minimum absolute atomic E-state index is 0. The second-order valence-electron chi connectivity index (χ2n) is 6.93. The molecule has 0 atom stereocenters. The SMILES string of the molecule is O=C(CCn1cc[n+](CC(=O)c2ccc(Br)cc2)c1)Nc1cccc2cccnc12.[Br-]. The van der Waals surface area contributed by atoms with Gasteiger partial charge >= 0.3 is 0 Å². The van der Waals surface area contributed by atoms with Crippen molar-refractivity contribution in [1.82, 2.24) is 9.55 Å². The summed E-state index contributed by atoms with van der Waals surface area (Å²) in [5, 5.41) is 3.92. The van der Waals surface area contributed by atoms with Crippen LogP contribution in [-0.4, -0.2) is 21.2 Å². The number of pyridine rings is 1. The molecule has 4 rings (SSSR count). The average molecular weight is 544 g/mol. The van der Waals surface area contributed by atoms with Gasteiger partial charge in [-0.3, -0.25) is 14.6 Å². The smallest absolute Gasteiger partial charge is 0.244 e. The first-order valence-electron chi connectivity index (χ1n) is 9.56. The number of hydrogen-bond acceptors (Lipinski definition) is 3. The van der Waals surface area contributed by atoms with Crippen LogP contribution in [0.2, 0.25) is 0 Å². The van der Waals surface area contributed by atoms with Gasteiger partial charge < -0.3 is 22.3 Å². The monoisotopic (exact) mass is 542 g/mol. The molecular weight excluding hydrogens is 524 g/mol. The summed E-state index contributed by atoms with van der Waals surface area (Å²) in [6.45, 7) is 0.770. The Bertz CT molecular complexity index is 1200. The number of aromatic nitrogens is 3. The van der Waals surface area contributed by atoms with E-state index in [0.717, 1.165) is 15.4 Å². The summed E-state index contributed by atoms with van der Waals surface area (Å²) in [4.78, 5) is 29.2. The molecule has 0 saturated carbocycles. The first kappa shape index (κ1) is 22.8. The second-order valence-corrected chi connectivity index (χ2v) is 7.85. The van der Waals surface area contributed by atoms with Crippen molar-refractivity contribution < 1.29 is 31.1 Å². The molecular formula is C23H20Br2N4O2. The average Bonchev–Trinajstić information content (AvgIpc) is 3.20. The molecule has 2 aromatic heterocycles. The summed E-state index contributed by atoms with van der Waals surface area (Å²) < 4.78 is 4.66. The standard InChI is InChI=1S/C23H19BrN4O2.BrH/c24-19-8-6-17(7-9-19)21(29)15-28-14-13-27(16-28)12-10-22(30)26-20-5-1-3-18-4-2-11-25-23(18)20;/h1-9,11,13-14,16H,10,12,15H2;1H. The summed E-state index contributed by atoms with van der Waals surface area (Å²) in [7, 11) is 0. The third-order valence-corrected chi connectivity index (χ3v) is 5.27. The lowest BCUT2D eigenvalue weighted by Crippen LogP contribution is -3.00. The Hall–Kier alpha value is -2.84. The van der Waals surface area contributed by atoms with Crippen LogP contribution in [0.25, 0.3) is 10.9 Å². The molecule has 0 bridgehead atoms. The number of carbonyl (C=O) groups is 2. The van der Waals surface area contributed by atoms with Gasteiger partial charge in [0.1, 0.15) is 12.4 Å². The van der Waals surface area contributed by atoms with Gasteiger partial charge in [-0.1, -0.05) is 46.3 Å². The van der Waals surface area contributed by atoms with E-state index < -0.39 is 0 Å². The molecule has 2 heterocycles. The van der Waals surface area contributed by atoms with E-state index in [1.54, 1.807) is 18.3 Å². The van der Waals surface area contributed by atoms with Gasteiger partial charge in [-0.25, -0.2) is 9.13 Å². The lowest BCUT2D eigenvalue weighted by molar-refractivity contribution is -0.682. The highest BCUT2D eigenvalue weighted by Gasteiger charge is 2.13. The van der Waals surface area contributed by atoms with Gasteiger partial charge in [0.15, 0.2) is 6.54 Å². The summed E-state index contributed by atoms with van der Waals surface area (Å²) in [6, 6.07) is 16.9. The zero-order valence-corrected chi connectivity index (χ0v) is 19.7. The molecule has 0 aliphatic carbocycles. The summed E-state index contributed by atoms with van der Waals surface area (Å²) >= 11 is 3.37. The van der Waals surface area contributed by atoms with Gasteiger partial charge in [-0.15, -0.1) is 0 Å². The number of amides is 1. The van der Waals surface area contributed by atoms with E-state index in [4.69, 9.17) is 0 Å². The molecule has 0 radical (unpaired) electrons. The normalized spacial score (nSPS) is 10.5. The van der Waals surface area contributed by atoms with Crippen molar-refractivity contribution in [3.05, 3.63) is 89.6 Å². The Balaban J connectivity index is 0.00000272. The number of rotatable bonds is 7. The number of nitrogens with zero attached hydrogens (tertiary/aromatic N) is 3. The number of fused-ring (bicyclic) bond motifs is 1. The van der Waals surface area contributed by atoms with Crippen LogP contribution >= 0.6 is 15.9 Å². The fourth-order valence-electron chi connectivity index (χ4n) is 3.21. The van der Waals surface area contributed by atoms with Gasteiger partial charge in [0.2, 0.25) is 18.0 Å². The van der Waals surface area contributed by atoms with Crippen molar-refractivity contribution in [2.45, 2.75) is 19.5 Å². The Labute approximate surface area is 198 Å². The minimum atomic E-state index is -0.0839. The van der Waals surface area contributed by atoms with Crippen LogP contribution in [0, 0.1) is 0 Å². The molecule has 158 valence electrons. The van der Waals surface area contributed by atoms with E-state index in [-0.39, 0.29) is 35.2 Å². The van der Waals surface area contributed by atoms with Gasteiger partial charge in [0, 0.05) is 21.6 Å². The Kier molecular flexibility index (Phi) is 7.70. The van der Waals surface area contributed by atoms with Crippen LogP contribution in [0.15, 0.2) is 84.0 Å². The molecule has 4 aromatic rings. The highest BCUT2D eigenvalue weighted by Crippen LogP contribution is 2.20. The lowest BCUT2D eigenvalue weighted by atomic mass is 10.1. The van der Waals surface area contributed by atoms with E-state index in [1.807, 2.05) is 70.3 Å². The molecule has 8 heteroatoms. The number of para-hydroxylation sites is 1. The van der Waals surface area contributed by atoms with Crippen LogP contribution in [0.3, 0.4) is 0 Å². The number of imidazole rings is 1. The first-order valence-corrected chi connectivity index (χ1v) is 10.3. The van der Waals surface area contributed by atoms with E-state index >= 15 is 0 Å². The number of anilines is 1. The maximum absolute atomic E-state index is 12.4. The molecule has 1 N–H and O–H groups in total. The van der Waals surface area contributed by atoms with Crippen LogP contribution in [-0.2, 0) is 17.9 Å². The van der Waals surface area contributed by atoms with E-state index in [2.05, 4.69) is 26.2 Å². The van der Waals surface area contributed by atoms with Crippen molar-refractivity contribution in [1.29, 1.82) is 0 Å². The second kappa shape index (κ2) is 10.5. The number of halogens is 2. The van der Waals surface area contributed by atoms with Crippen LogP contribution in [0.5, 0.6) is 0 Å². The molecule has 6 nitrogen and oxygen atoms in total. The highest BCUT2D eigenvalue weighted by atomic mass is 79.9. The molecule has 0 fully saturated rings. The predicted molar refractivity (Wildman–Crippen MR) is 118 cm³/mol. The van der Waals surface area contributed by atoms with E-state index in [1.165, 1.54) is 0 Å². The predicted octanol–water partition coefficient (Wildman–Crippen LogP) is 1.00. The van der Waals surface area contributed by atoms with E-state index in [0.29, 0.717) is 24.2 Å². The maximum atomic E-state index is 12.4. The summed E-state index contributed by atoms with van der Waals surface area (Å²) in [5.41, 5.74) is 2.15. The number of Topliss-reactive ketones (excluding diaryl/α,β-unsaturated/α-hetero) is 1. The number of carbonyl (C=O) groups excluding carboxylic acids is 2. The largest absolute Gasteiger partial charge is 1.00 e. The first-order chi connectivity index (χ1) is 14.6. The van der Waals surface area contributed by atoms with Crippen molar-refractivity contribution in [3.8, 4) is 0 Å². The van der Waals surface area contributed by atoms with Gasteiger partial charge in [-0.2, -0.15) is 0 Å². The zero-order valence-electron chi connectivity index (χ0n) is 16.5. The number of nitrogens with one attached hydrogen (secondary N) is 1. The maximum Gasteiger partial charge on any atom is 0.244 e. The number of hydrogen-bond donors (Lipinski definition) is 1. The number of benzene rings is 2. The quantitative estimate of drug-likeness (QED) is 0.279. The van der Waals surface area contributed by atoms with Crippen LogP contribution in [0.4, 0.5) is 5.69 Å². The molecule has 0 unspecified atom stereocenters. The van der Waals surface area contributed by atoms with Crippen molar-refractivity contribution in [2.24, 2.45) is 0 Å². The summed E-state index contributed by atoms with van der Waals surface area (Å²) in [5.74, 6) is -0.0502. The topological polar surface area (TPSA) is 67.9 Å². The number of aryl methyl sites for hydroxylation is 1. The van der Waals surface area contributed by atoms with Crippen molar-refractivity contribution in [2.75, 3.05) is 5.32 Å². The molecule has 0 aliphatic rings. The molecule has 0 spiro atoms. The Morgan fingerprint density at radius 3 is 2.65 bits per heavy atom. The third-order valence-electron chi connectivity index (χ3n) is 4.74. The van der Waals surface area contributed by atoms with Crippen molar-refractivity contribution in [3.63, 3.8) is 0 Å². The highest BCUT2D eigenvalue weighted by molar-refractivity contribution is 9.10. The molecule has 31 heavy (non-hydrogen) atoms. The number of ketones is 1. The molecule has 1 amide bonds. The third kappa shape index (κ3) is 5.86. The van der Waals surface area contributed by atoms with E-state index in [9.17, 15) is 9.59 Å². The Morgan fingerprint density at radius 2 is 1.84 bits per heavy atom. The molecule has 0 saturated heterocycles. The van der Waals surface area contributed by atoms with Gasteiger partial charge in [0.05, 0.1) is 24.2 Å². The van der Waals surface area contributed by atoms with Crippen LogP contribution < -0.4 is 26.9 Å². The van der Waals surface area contributed by atoms with Crippen molar-refractivity contribution >= 4 is 44.2 Å². The molecule has 0 aliphatic heterocycles. The minimum Gasteiger partial charge on any atom is -1.00 e. The lowest BCUT2D eigenvalue weighted by Gasteiger charge is -2.07. The zero-order chi connectivity index (χ0) is 20.9. The van der Waals surface area contributed by atoms with Gasteiger partial charge in [0.25, 0.3) is 0 Å². The van der Waals surface area contributed by atoms with Gasteiger partial charge in [-0.05, 0) is 24.3 Å². The fourth-order valence-corrected chi connectivity index (χ4v) is 3.47. The molecule has 2 aromatic carbocycles. The fraction of sp³-hybridized carbons (Fsp3) is 0.130. The Morgan fingerprint density at radius 1 is 1.06 bits per heavy atom. The summed E-state index contributed by atoms with van der Waals surface area (Å²) in [6.07, 6.45) is 7.57.